The van der Waals surface area contributed by atoms with E-state index in [1.165, 1.54) is 0 Å². The van der Waals surface area contributed by atoms with Crippen molar-refractivity contribution in [3.63, 3.8) is 0 Å². The molecule has 1 aromatic heterocycles. The highest BCUT2D eigenvalue weighted by Crippen LogP contribution is 2.30. The monoisotopic (exact) mass is 341 g/mol. The lowest BCUT2D eigenvalue weighted by molar-refractivity contribution is -0.129. The molecule has 3 rings (SSSR count). The fourth-order valence-electron chi connectivity index (χ4n) is 2.39. The largest absolute Gasteiger partial charge is 0.490 e. The van der Waals surface area contributed by atoms with Gasteiger partial charge in [-0.05, 0) is 38.1 Å². The lowest BCUT2D eigenvalue weighted by Crippen LogP contribution is -2.06. The van der Waals surface area contributed by atoms with E-state index in [1.54, 1.807) is 48.4 Å². The third kappa shape index (κ3) is 3.71. The summed E-state index contributed by atoms with van der Waals surface area (Å²) in [7, 11) is 1.80. The van der Waals surface area contributed by atoms with Crippen LogP contribution in [0.15, 0.2) is 41.3 Å². The first kappa shape index (κ1) is 16.8. The summed E-state index contributed by atoms with van der Waals surface area (Å²) in [5, 5.41) is 4.06. The third-order valence-corrected chi connectivity index (χ3v) is 3.44. The van der Waals surface area contributed by atoms with Crippen molar-refractivity contribution in [3.8, 4) is 11.5 Å². The summed E-state index contributed by atoms with van der Waals surface area (Å²) in [6.45, 7) is 4.83. The molecule has 0 radical (unpaired) electrons. The van der Waals surface area contributed by atoms with Crippen LogP contribution in [0.5, 0.6) is 11.5 Å². The molecule has 0 spiro atoms. The number of hydrogen-bond donors (Lipinski definition) is 0. The number of rotatable bonds is 6. The minimum Gasteiger partial charge on any atom is -0.490 e. The van der Waals surface area contributed by atoms with E-state index >= 15 is 0 Å². The van der Waals surface area contributed by atoms with E-state index in [4.69, 9.17) is 14.2 Å². The minimum atomic E-state index is -0.495. The quantitative estimate of drug-likeness (QED) is 0.596. The number of aliphatic imine (C=N–C) groups is 1. The van der Waals surface area contributed by atoms with Gasteiger partial charge in [-0.15, -0.1) is 0 Å². The van der Waals surface area contributed by atoms with Crippen molar-refractivity contribution in [2.24, 2.45) is 12.0 Å². The Morgan fingerprint density at radius 3 is 2.64 bits per heavy atom. The first-order chi connectivity index (χ1) is 12.1. The number of cyclic esters (lactones) is 1. The van der Waals surface area contributed by atoms with Crippen LogP contribution in [-0.2, 0) is 16.6 Å². The van der Waals surface area contributed by atoms with Gasteiger partial charge in [0.2, 0.25) is 5.90 Å². The zero-order valence-corrected chi connectivity index (χ0v) is 14.4. The van der Waals surface area contributed by atoms with E-state index in [1.807, 2.05) is 13.8 Å². The topological polar surface area (TPSA) is 74.9 Å². The average Bonchev–Trinajstić information content (AvgIpc) is 3.16. The Morgan fingerprint density at radius 1 is 1.20 bits per heavy atom. The van der Waals surface area contributed by atoms with Crippen molar-refractivity contribution < 1.29 is 19.0 Å². The van der Waals surface area contributed by atoms with Crippen molar-refractivity contribution in [3.05, 3.63) is 47.4 Å². The predicted octanol–water partition coefficient (Wildman–Crippen LogP) is 2.56. The van der Waals surface area contributed by atoms with E-state index in [2.05, 4.69) is 10.1 Å². The fourth-order valence-corrected chi connectivity index (χ4v) is 2.39. The van der Waals surface area contributed by atoms with E-state index in [0.717, 1.165) is 5.56 Å². The number of ether oxygens (including phenoxy) is 3. The first-order valence-corrected chi connectivity index (χ1v) is 8.02. The molecular formula is C18H19N3O4. The number of carbonyl (C=O) groups excluding carboxylic acids is 1. The van der Waals surface area contributed by atoms with Gasteiger partial charge in [0.1, 0.15) is 0 Å². The Bertz CT molecular complexity index is 852. The van der Waals surface area contributed by atoms with E-state index in [0.29, 0.717) is 30.3 Å². The molecule has 0 aliphatic carbocycles. The summed E-state index contributed by atoms with van der Waals surface area (Å²) < 4.78 is 18.1. The maximum absolute atomic E-state index is 12.1. The van der Waals surface area contributed by atoms with Gasteiger partial charge in [0.15, 0.2) is 17.2 Å². The van der Waals surface area contributed by atoms with Crippen LogP contribution < -0.4 is 9.47 Å². The van der Waals surface area contributed by atoms with Gasteiger partial charge in [0.25, 0.3) is 0 Å². The lowest BCUT2D eigenvalue weighted by atomic mass is 10.2. The highest BCUT2D eigenvalue weighted by Gasteiger charge is 2.25. The smallest absolute Gasteiger partial charge is 0.363 e. The zero-order chi connectivity index (χ0) is 17.8. The zero-order valence-electron chi connectivity index (χ0n) is 14.4. The van der Waals surface area contributed by atoms with Gasteiger partial charge in [-0.2, -0.15) is 5.10 Å². The van der Waals surface area contributed by atoms with Crippen LogP contribution >= 0.6 is 0 Å². The molecule has 25 heavy (non-hydrogen) atoms. The number of aromatic nitrogens is 2. The molecule has 1 aliphatic heterocycles. The molecule has 0 bridgehead atoms. The van der Waals surface area contributed by atoms with Crippen LogP contribution in [0.2, 0.25) is 0 Å². The Kier molecular flexibility index (Phi) is 4.83. The number of hydrogen-bond acceptors (Lipinski definition) is 6. The van der Waals surface area contributed by atoms with Gasteiger partial charge in [0.05, 0.1) is 19.4 Å². The van der Waals surface area contributed by atoms with Crippen molar-refractivity contribution in [2.75, 3.05) is 13.2 Å². The van der Waals surface area contributed by atoms with Crippen LogP contribution in [0.4, 0.5) is 0 Å². The second-order valence-corrected chi connectivity index (χ2v) is 5.31. The van der Waals surface area contributed by atoms with Crippen LogP contribution in [0.25, 0.3) is 6.08 Å². The molecule has 0 N–H and O–H groups in total. The summed E-state index contributed by atoms with van der Waals surface area (Å²) in [4.78, 5) is 16.4. The molecule has 1 aromatic carbocycles. The van der Waals surface area contributed by atoms with Crippen molar-refractivity contribution in [2.45, 2.75) is 13.8 Å². The summed E-state index contributed by atoms with van der Waals surface area (Å²) in [5.74, 6) is 0.976. The number of esters is 1. The summed E-state index contributed by atoms with van der Waals surface area (Å²) in [5.41, 5.74) is 1.66. The highest BCUT2D eigenvalue weighted by atomic mass is 16.6. The maximum atomic E-state index is 12.1. The molecule has 0 unspecified atom stereocenters. The number of carbonyl (C=O) groups is 1. The second-order valence-electron chi connectivity index (χ2n) is 5.31. The molecule has 2 heterocycles. The number of benzene rings is 1. The van der Waals surface area contributed by atoms with Crippen molar-refractivity contribution in [1.82, 2.24) is 9.78 Å². The molecular weight excluding hydrogens is 322 g/mol. The summed E-state index contributed by atoms with van der Waals surface area (Å²) in [6, 6.07) is 5.32. The first-order valence-electron chi connectivity index (χ1n) is 8.02. The van der Waals surface area contributed by atoms with Gasteiger partial charge in [0, 0.05) is 24.4 Å². The Hall–Kier alpha value is -3.09. The van der Waals surface area contributed by atoms with Crippen molar-refractivity contribution >= 4 is 17.9 Å². The van der Waals surface area contributed by atoms with E-state index in [9.17, 15) is 4.79 Å². The summed E-state index contributed by atoms with van der Waals surface area (Å²) in [6.07, 6.45) is 5.08. The fraction of sp³-hybridized carbons (Fsp3) is 0.278. The molecule has 7 heteroatoms. The van der Waals surface area contributed by atoms with E-state index < -0.39 is 5.97 Å². The van der Waals surface area contributed by atoms with Gasteiger partial charge >= 0.3 is 5.97 Å². The molecule has 0 fully saturated rings. The highest BCUT2D eigenvalue weighted by molar-refractivity contribution is 6.13. The summed E-state index contributed by atoms with van der Waals surface area (Å²) >= 11 is 0. The normalized spacial score (nSPS) is 15.2. The lowest BCUT2D eigenvalue weighted by Gasteiger charge is -2.11. The molecule has 1 aliphatic rings. The standard InChI is InChI=1S/C18H19N3O4/c1-4-23-15-7-6-13(9-16(15)24-5-2)17-20-14(18(22)25-17)8-12-10-19-21(3)11-12/h6-11H,4-5H2,1-3H3/b14-8+. The maximum Gasteiger partial charge on any atom is 0.363 e. The Morgan fingerprint density at radius 2 is 1.96 bits per heavy atom. The van der Waals surface area contributed by atoms with Crippen molar-refractivity contribution in [1.29, 1.82) is 0 Å². The molecule has 0 saturated carbocycles. The molecule has 0 atom stereocenters. The SMILES string of the molecule is CCOc1ccc(C2=N/C(=C/c3cnn(C)c3)C(=O)O2)cc1OCC. The average molecular weight is 341 g/mol. The van der Waals surface area contributed by atoms with Gasteiger partial charge in [-0.3, -0.25) is 4.68 Å². The number of aryl methyl sites for hydroxylation is 1. The van der Waals surface area contributed by atoms with E-state index in [-0.39, 0.29) is 11.6 Å². The molecule has 130 valence electrons. The third-order valence-electron chi connectivity index (χ3n) is 3.44. The molecule has 0 saturated heterocycles. The molecule has 2 aromatic rings. The molecule has 0 amide bonds. The van der Waals surface area contributed by atoms with Crippen LogP contribution in [-0.4, -0.2) is 34.9 Å². The van der Waals surface area contributed by atoms with Gasteiger partial charge in [-0.1, -0.05) is 0 Å². The predicted molar refractivity (Wildman–Crippen MR) is 92.6 cm³/mol. The van der Waals surface area contributed by atoms with Crippen LogP contribution in [0, 0.1) is 0 Å². The number of nitrogens with zero attached hydrogens (tertiary/aromatic N) is 3. The Labute approximate surface area is 145 Å². The van der Waals surface area contributed by atoms with Crippen LogP contribution in [0.1, 0.15) is 25.0 Å². The Balaban J connectivity index is 1.91. The minimum absolute atomic E-state index is 0.231. The van der Waals surface area contributed by atoms with Crippen LogP contribution in [0.3, 0.4) is 0 Å². The molecule has 7 nitrogen and oxygen atoms in total. The second kappa shape index (κ2) is 7.21. The van der Waals surface area contributed by atoms with Gasteiger partial charge < -0.3 is 14.2 Å². The van der Waals surface area contributed by atoms with Gasteiger partial charge in [-0.25, -0.2) is 9.79 Å².